The molecule has 0 heterocycles. The van der Waals surface area contributed by atoms with E-state index in [-0.39, 0.29) is 17.8 Å². The Bertz CT molecular complexity index is 382. The number of hydrogen-bond acceptors (Lipinski definition) is 3. The summed E-state index contributed by atoms with van der Waals surface area (Å²) in [6, 6.07) is 0. The fourth-order valence-electron chi connectivity index (χ4n) is 4.23. The minimum atomic E-state index is -0.556. The van der Waals surface area contributed by atoms with Crippen molar-refractivity contribution in [1.82, 2.24) is 0 Å². The Labute approximate surface area is 135 Å². The predicted octanol–water partition coefficient (Wildman–Crippen LogP) is 4.53. The average Bonchev–Trinajstić information content (AvgIpc) is 2.54. The molecule has 0 aromatic rings. The molecule has 0 saturated heterocycles. The van der Waals surface area contributed by atoms with Gasteiger partial charge in [0.05, 0.1) is 0 Å². The minimum absolute atomic E-state index is 0.0567. The van der Waals surface area contributed by atoms with Crippen molar-refractivity contribution in [2.75, 3.05) is 0 Å². The van der Waals surface area contributed by atoms with Gasteiger partial charge in [-0.15, -0.1) is 0 Å². The number of esters is 1. The Kier molecular flexibility index (Phi) is 6.46. The lowest BCUT2D eigenvalue weighted by atomic mass is 9.74. The molecular weight excluding hydrogens is 276 g/mol. The monoisotopic (exact) mass is 308 g/mol. The zero-order valence-corrected chi connectivity index (χ0v) is 14.5. The van der Waals surface area contributed by atoms with E-state index in [4.69, 9.17) is 4.74 Å². The summed E-state index contributed by atoms with van der Waals surface area (Å²) in [7, 11) is 0. The molecule has 3 nitrogen and oxygen atoms in total. The second-order valence-electron chi connectivity index (χ2n) is 7.64. The van der Waals surface area contributed by atoms with Gasteiger partial charge >= 0.3 is 5.97 Å². The summed E-state index contributed by atoms with van der Waals surface area (Å²) in [5.74, 6) is 0.647. The highest BCUT2D eigenvalue weighted by atomic mass is 16.5. The van der Waals surface area contributed by atoms with Crippen LogP contribution < -0.4 is 0 Å². The van der Waals surface area contributed by atoms with E-state index in [1.54, 1.807) is 0 Å². The molecule has 3 unspecified atom stereocenters. The molecule has 2 aliphatic carbocycles. The van der Waals surface area contributed by atoms with Gasteiger partial charge in [-0.3, -0.25) is 4.79 Å². The van der Waals surface area contributed by atoms with Crippen LogP contribution in [0.2, 0.25) is 0 Å². The van der Waals surface area contributed by atoms with E-state index < -0.39 is 5.97 Å². The molecule has 3 atom stereocenters. The lowest BCUT2D eigenvalue weighted by molar-refractivity contribution is -0.165. The molecule has 126 valence electrons. The molecule has 0 amide bonds. The first-order chi connectivity index (χ1) is 10.5. The van der Waals surface area contributed by atoms with E-state index in [9.17, 15) is 9.59 Å². The molecule has 2 rings (SSSR count). The van der Waals surface area contributed by atoms with E-state index in [1.807, 2.05) is 0 Å². The largest absolute Gasteiger partial charge is 0.456 e. The second kappa shape index (κ2) is 8.12. The molecule has 3 heteroatoms. The Morgan fingerprint density at radius 2 is 1.73 bits per heavy atom. The van der Waals surface area contributed by atoms with Crippen LogP contribution in [0.4, 0.5) is 0 Å². The number of ether oxygens (including phenoxy) is 1. The molecule has 2 saturated carbocycles. The third-order valence-corrected chi connectivity index (χ3v) is 5.82. The number of carbonyl (C=O) groups excluding carboxylic acids is 2. The second-order valence-corrected chi connectivity index (χ2v) is 7.64. The number of Topliss-reactive ketones (excluding diaryl/α,β-unsaturated/α-hetero) is 1. The maximum absolute atomic E-state index is 12.3. The normalized spacial score (nSPS) is 30.3. The standard InChI is InChI=1S/C19H32O3/c1-4-14-10-11-16(13(2)3)17(12-14)22-19(21)18(20)15-8-6-5-7-9-15/h13-17H,4-12H2,1-3H3. The summed E-state index contributed by atoms with van der Waals surface area (Å²) in [5, 5.41) is 0. The molecule has 0 N–H and O–H groups in total. The minimum Gasteiger partial charge on any atom is -0.456 e. The summed E-state index contributed by atoms with van der Waals surface area (Å²) >= 11 is 0. The van der Waals surface area contributed by atoms with Crippen LogP contribution in [-0.2, 0) is 14.3 Å². The molecule has 2 aliphatic rings. The van der Waals surface area contributed by atoms with E-state index in [2.05, 4.69) is 20.8 Å². The van der Waals surface area contributed by atoms with E-state index in [0.29, 0.717) is 17.8 Å². The van der Waals surface area contributed by atoms with Gasteiger partial charge in [0.25, 0.3) is 0 Å². The van der Waals surface area contributed by atoms with Gasteiger partial charge < -0.3 is 4.74 Å². The van der Waals surface area contributed by atoms with Crippen molar-refractivity contribution >= 4 is 11.8 Å². The van der Waals surface area contributed by atoms with Gasteiger partial charge in [0, 0.05) is 5.92 Å². The highest BCUT2D eigenvalue weighted by Gasteiger charge is 2.37. The van der Waals surface area contributed by atoms with Gasteiger partial charge in [0.2, 0.25) is 5.78 Å². The fraction of sp³-hybridized carbons (Fsp3) is 0.895. The third-order valence-electron chi connectivity index (χ3n) is 5.82. The number of rotatable bonds is 5. The van der Waals surface area contributed by atoms with Gasteiger partial charge in [-0.05, 0) is 49.9 Å². The molecule has 22 heavy (non-hydrogen) atoms. The van der Waals surface area contributed by atoms with E-state index in [1.165, 1.54) is 12.8 Å². The Morgan fingerprint density at radius 1 is 1.05 bits per heavy atom. The maximum Gasteiger partial charge on any atom is 0.375 e. The first-order valence-electron chi connectivity index (χ1n) is 9.27. The summed E-state index contributed by atoms with van der Waals surface area (Å²) < 4.78 is 5.72. The van der Waals surface area contributed by atoms with Gasteiger partial charge in [-0.1, -0.05) is 46.5 Å². The van der Waals surface area contributed by atoms with Crippen LogP contribution in [0.3, 0.4) is 0 Å². The summed E-state index contributed by atoms with van der Waals surface area (Å²) in [5.41, 5.74) is 0. The molecule has 0 bridgehead atoms. The van der Waals surface area contributed by atoms with Crippen molar-refractivity contribution in [2.45, 2.75) is 84.7 Å². The zero-order valence-electron chi connectivity index (χ0n) is 14.5. The molecule has 2 fully saturated rings. The zero-order chi connectivity index (χ0) is 16.1. The van der Waals surface area contributed by atoms with Crippen molar-refractivity contribution in [2.24, 2.45) is 23.7 Å². The predicted molar refractivity (Wildman–Crippen MR) is 87.4 cm³/mol. The SMILES string of the molecule is CCC1CCC(C(C)C)C(OC(=O)C(=O)C2CCCCC2)C1. The third kappa shape index (κ3) is 4.33. The van der Waals surface area contributed by atoms with Crippen molar-refractivity contribution in [3.8, 4) is 0 Å². The first-order valence-corrected chi connectivity index (χ1v) is 9.27. The summed E-state index contributed by atoms with van der Waals surface area (Å²) in [4.78, 5) is 24.6. The van der Waals surface area contributed by atoms with Crippen LogP contribution in [-0.4, -0.2) is 17.9 Å². The van der Waals surface area contributed by atoms with Crippen LogP contribution >= 0.6 is 0 Å². The molecule has 0 aromatic carbocycles. The van der Waals surface area contributed by atoms with Gasteiger partial charge in [0.1, 0.15) is 6.10 Å². The van der Waals surface area contributed by atoms with E-state index in [0.717, 1.165) is 44.9 Å². The number of carbonyl (C=O) groups is 2. The fourth-order valence-corrected chi connectivity index (χ4v) is 4.23. The molecule has 0 spiro atoms. The van der Waals surface area contributed by atoms with Gasteiger partial charge in [0.15, 0.2) is 0 Å². The van der Waals surface area contributed by atoms with Crippen LogP contribution in [0.1, 0.15) is 78.6 Å². The van der Waals surface area contributed by atoms with Crippen LogP contribution in [0.15, 0.2) is 0 Å². The average molecular weight is 308 g/mol. The lowest BCUT2D eigenvalue weighted by Gasteiger charge is -2.37. The molecule has 0 radical (unpaired) electrons. The Balaban J connectivity index is 1.95. The van der Waals surface area contributed by atoms with E-state index >= 15 is 0 Å². The molecular formula is C19H32O3. The Morgan fingerprint density at radius 3 is 2.32 bits per heavy atom. The number of hydrogen-bond donors (Lipinski definition) is 0. The van der Waals surface area contributed by atoms with Gasteiger partial charge in [-0.2, -0.15) is 0 Å². The first kappa shape index (κ1) is 17.5. The van der Waals surface area contributed by atoms with Crippen LogP contribution in [0.5, 0.6) is 0 Å². The van der Waals surface area contributed by atoms with Crippen LogP contribution in [0, 0.1) is 23.7 Å². The lowest BCUT2D eigenvalue weighted by Crippen LogP contribution is -2.39. The molecule has 0 aromatic heterocycles. The van der Waals surface area contributed by atoms with Crippen molar-refractivity contribution in [3.05, 3.63) is 0 Å². The maximum atomic E-state index is 12.3. The summed E-state index contributed by atoms with van der Waals surface area (Å²) in [6.07, 6.45) is 9.41. The number of ketones is 1. The highest BCUT2D eigenvalue weighted by Crippen LogP contribution is 2.37. The Hall–Kier alpha value is -0.860. The smallest absolute Gasteiger partial charge is 0.375 e. The quantitative estimate of drug-likeness (QED) is 0.553. The topological polar surface area (TPSA) is 43.4 Å². The highest BCUT2D eigenvalue weighted by molar-refractivity contribution is 6.34. The van der Waals surface area contributed by atoms with Crippen molar-refractivity contribution in [3.63, 3.8) is 0 Å². The molecule has 0 aliphatic heterocycles. The van der Waals surface area contributed by atoms with Crippen molar-refractivity contribution < 1.29 is 14.3 Å². The van der Waals surface area contributed by atoms with Gasteiger partial charge in [-0.25, -0.2) is 4.79 Å². The van der Waals surface area contributed by atoms with Crippen molar-refractivity contribution in [1.29, 1.82) is 0 Å². The van der Waals surface area contributed by atoms with Crippen LogP contribution in [0.25, 0.3) is 0 Å². The summed E-state index contributed by atoms with van der Waals surface area (Å²) in [6.45, 7) is 6.59.